The first-order chi connectivity index (χ1) is 25.5. The van der Waals surface area contributed by atoms with E-state index in [4.69, 9.17) is 18.9 Å². The topological polar surface area (TPSA) is 161 Å². The molecule has 0 unspecified atom stereocenters. The van der Waals surface area contributed by atoms with Gasteiger partial charge < -0.3 is 39.0 Å². The molecule has 1 N–H and O–H groups in total. The highest BCUT2D eigenvalue weighted by Gasteiger charge is 2.19. The summed E-state index contributed by atoms with van der Waals surface area (Å²) in [6.45, 7) is 8.61. The monoisotopic (exact) mass is 780 g/mol. The van der Waals surface area contributed by atoms with Crippen LogP contribution in [0.4, 0.5) is 4.79 Å². The summed E-state index contributed by atoms with van der Waals surface area (Å²) < 4.78 is 22.6. The Morgan fingerprint density at radius 1 is 0.750 bits per heavy atom. The second-order valence-electron chi connectivity index (χ2n) is 11.9. The van der Waals surface area contributed by atoms with Gasteiger partial charge in [-0.1, -0.05) is 21.6 Å². The second kappa shape index (κ2) is 25.2. The van der Waals surface area contributed by atoms with Gasteiger partial charge in [-0.25, -0.2) is 4.79 Å². The molecule has 288 valence electrons. The second-order valence-corrected chi connectivity index (χ2v) is 15.9. The number of hydrogen-bond donors (Lipinski definition) is 1. The van der Waals surface area contributed by atoms with Crippen LogP contribution in [0, 0.1) is 6.92 Å². The Bertz CT molecular complexity index is 1280. The summed E-state index contributed by atoms with van der Waals surface area (Å²) in [5.41, 5.74) is 0.806. The molecule has 1 aromatic carbocycles. The largest absolute Gasteiger partial charge is 0.491 e. The fourth-order valence-electron chi connectivity index (χ4n) is 5.25. The molecule has 2 aliphatic rings. The van der Waals surface area contributed by atoms with Crippen molar-refractivity contribution in [1.29, 1.82) is 0 Å². The van der Waals surface area contributed by atoms with Crippen LogP contribution in [0.15, 0.2) is 24.3 Å². The van der Waals surface area contributed by atoms with Crippen molar-refractivity contribution in [2.75, 3.05) is 115 Å². The van der Waals surface area contributed by atoms with E-state index in [0.29, 0.717) is 103 Å². The lowest BCUT2D eigenvalue weighted by Gasteiger charge is -2.25. The quantitative estimate of drug-likeness (QED) is 0.145. The molecule has 1 aromatic heterocycles. The number of nitrogens with one attached hydrogen (secondary N) is 1. The molecule has 0 aliphatic carbocycles. The Morgan fingerprint density at radius 3 is 2.12 bits per heavy atom. The van der Waals surface area contributed by atoms with Gasteiger partial charge in [0, 0.05) is 75.1 Å². The third-order valence-electron chi connectivity index (χ3n) is 8.06. The molecular weight excluding hydrogens is 729 g/mol. The summed E-state index contributed by atoms with van der Waals surface area (Å²) in [5, 5.41) is 18.9. The standard InChI is InChI=1S/C34H52N8O7S3/c1-28-36-38-33(39-37-28)29-5-7-30(8-6-29)49-23-22-48-21-20-47-19-18-46-17-9-32(44)40(11-2-4-31(43)41-12-3-24-50-25-14-41)13-10-35-34(45)42-15-26-51-52-27-16-42/h5-8H,2-4,9-27H2,1H3,(H,35,45). The number of ether oxygens (including phenoxy) is 4. The Kier molecular flexibility index (Phi) is 20.3. The number of urea groups is 1. The Hall–Kier alpha value is -2.90. The third kappa shape index (κ3) is 16.4. The lowest BCUT2D eigenvalue weighted by atomic mass is 10.2. The van der Waals surface area contributed by atoms with Gasteiger partial charge in [0.15, 0.2) is 5.82 Å². The van der Waals surface area contributed by atoms with Crippen molar-refractivity contribution in [1.82, 2.24) is 40.4 Å². The zero-order chi connectivity index (χ0) is 36.6. The van der Waals surface area contributed by atoms with Crippen molar-refractivity contribution >= 4 is 51.2 Å². The van der Waals surface area contributed by atoms with Crippen LogP contribution in [0.5, 0.6) is 5.75 Å². The van der Waals surface area contributed by atoms with Crippen molar-refractivity contribution in [3.8, 4) is 17.1 Å². The van der Waals surface area contributed by atoms with Gasteiger partial charge in [0.2, 0.25) is 17.6 Å². The zero-order valence-corrected chi connectivity index (χ0v) is 32.5. The maximum atomic E-state index is 13.2. The van der Waals surface area contributed by atoms with Crippen molar-refractivity contribution in [2.45, 2.75) is 32.6 Å². The molecule has 2 fully saturated rings. The Balaban J connectivity index is 1.05. The summed E-state index contributed by atoms with van der Waals surface area (Å²) in [6, 6.07) is 7.28. The van der Waals surface area contributed by atoms with Crippen LogP contribution >= 0.6 is 33.3 Å². The molecule has 18 heteroatoms. The van der Waals surface area contributed by atoms with E-state index in [1.165, 1.54) is 0 Å². The van der Waals surface area contributed by atoms with Gasteiger partial charge in [-0.15, -0.1) is 20.4 Å². The van der Waals surface area contributed by atoms with Gasteiger partial charge in [0.05, 0.1) is 46.1 Å². The maximum absolute atomic E-state index is 13.2. The molecule has 2 aliphatic heterocycles. The van der Waals surface area contributed by atoms with E-state index in [-0.39, 0.29) is 30.9 Å². The van der Waals surface area contributed by atoms with Gasteiger partial charge >= 0.3 is 6.03 Å². The first-order valence-corrected chi connectivity index (χ1v) is 21.5. The van der Waals surface area contributed by atoms with E-state index in [2.05, 4.69) is 25.7 Å². The predicted molar refractivity (Wildman–Crippen MR) is 205 cm³/mol. The molecule has 2 aromatic rings. The van der Waals surface area contributed by atoms with Crippen molar-refractivity contribution < 1.29 is 33.3 Å². The van der Waals surface area contributed by atoms with Gasteiger partial charge in [0.25, 0.3) is 0 Å². The molecule has 0 bridgehead atoms. The number of benzene rings is 1. The first-order valence-electron chi connectivity index (χ1n) is 17.9. The van der Waals surface area contributed by atoms with Crippen molar-refractivity contribution in [3.05, 3.63) is 30.1 Å². The molecule has 15 nitrogen and oxygen atoms in total. The van der Waals surface area contributed by atoms with E-state index in [1.54, 1.807) is 33.4 Å². The SMILES string of the molecule is Cc1nnc(-c2ccc(OCCOCCOCCOCCC(=O)N(CCCC(=O)N3CCCSCC3)CCNC(=O)N3CCSSCC3)cc2)nn1. The average Bonchev–Trinajstić information content (AvgIpc) is 3.62. The van der Waals surface area contributed by atoms with E-state index < -0.39 is 0 Å². The predicted octanol–water partition coefficient (Wildman–Crippen LogP) is 3.04. The number of hydrogen-bond acceptors (Lipinski definition) is 14. The summed E-state index contributed by atoms with van der Waals surface area (Å²) in [4.78, 5) is 44.2. The summed E-state index contributed by atoms with van der Waals surface area (Å²) in [5.74, 6) is 5.65. The van der Waals surface area contributed by atoms with Crippen LogP contribution in [0.25, 0.3) is 11.4 Å². The van der Waals surface area contributed by atoms with E-state index in [0.717, 1.165) is 48.1 Å². The maximum Gasteiger partial charge on any atom is 0.317 e. The summed E-state index contributed by atoms with van der Waals surface area (Å²) in [7, 11) is 3.57. The number of carbonyl (C=O) groups is 3. The van der Waals surface area contributed by atoms with Crippen LogP contribution in [0.2, 0.25) is 0 Å². The fraction of sp³-hybridized carbons (Fsp3) is 0.676. The highest BCUT2D eigenvalue weighted by molar-refractivity contribution is 8.76. The molecule has 0 atom stereocenters. The smallest absolute Gasteiger partial charge is 0.317 e. The minimum absolute atomic E-state index is 0.0576. The molecule has 2 saturated heterocycles. The number of nitrogens with zero attached hydrogens (tertiary/aromatic N) is 7. The number of carbonyl (C=O) groups excluding carboxylic acids is 3. The van der Waals surface area contributed by atoms with Crippen molar-refractivity contribution in [3.63, 3.8) is 0 Å². The number of aryl methyl sites for hydroxylation is 1. The number of amides is 4. The lowest BCUT2D eigenvalue weighted by Crippen LogP contribution is -2.45. The van der Waals surface area contributed by atoms with Gasteiger partial charge in [-0.05, 0) is 49.8 Å². The van der Waals surface area contributed by atoms with E-state index >= 15 is 0 Å². The lowest BCUT2D eigenvalue weighted by molar-refractivity contribution is -0.134. The molecule has 52 heavy (non-hydrogen) atoms. The number of aromatic nitrogens is 4. The van der Waals surface area contributed by atoms with Crippen LogP contribution in [0.1, 0.15) is 31.5 Å². The Labute approximate surface area is 318 Å². The molecule has 0 radical (unpaired) electrons. The van der Waals surface area contributed by atoms with Crippen LogP contribution in [-0.4, -0.2) is 168 Å². The van der Waals surface area contributed by atoms with E-state index in [1.807, 2.05) is 45.8 Å². The van der Waals surface area contributed by atoms with Gasteiger partial charge in [0.1, 0.15) is 12.4 Å². The van der Waals surface area contributed by atoms with Gasteiger partial charge in [-0.3, -0.25) is 9.59 Å². The number of thioether (sulfide) groups is 1. The molecule has 4 amide bonds. The summed E-state index contributed by atoms with van der Waals surface area (Å²) in [6.07, 6.45) is 2.22. The minimum atomic E-state index is -0.0976. The van der Waals surface area contributed by atoms with Crippen LogP contribution < -0.4 is 10.1 Å². The third-order valence-corrected chi connectivity index (χ3v) is 11.5. The normalized spacial score (nSPS) is 15.1. The van der Waals surface area contributed by atoms with Crippen molar-refractivity contribution in [2.24, 2.45) is 0 Å². The molecule has 0 spiro atoms. The summed E-state index contributed by atoms with van der Waals surface area (Å²) >= 11 is 1.89. The highest BCUT2D eigenvalue weighted by Crippen LogP contribution is 2.23. The average molecular weight is 781 g/mol. The molecule has 0 saturated carbocycles. The zero-order valence-electron chi connectivity index (χ0n) is 30.1. The number of rotatable bonds is 21. The first kappa shape index (κ1) is 41.9. The minimum Gasteiger partial charge on any atom is -0.491 e. The van der Waals surface area contributed by atoms with Crippen LogP contribution in [-0.2, 0) is 23.8 Å². The Morgan fingerprint density at radius 2 is 1.40 bits per heavy atom. The molecular formula is C34H52N8O7S3. The molecule has 4 rings (SSSR count). The molecule has 3 heterocycles. The van der Waals surface area contributed by atoms with Crippen LogP contribution in [0.3, 0.4) is 0 Å². The van der Waals surface area contributed by atoms with E-state index in [9.17, 15) is 14.4 Å². The highest BCUT2D eigenvalue weighted by atomic mass is 33.1. The fourth-order valence-corrected chi connectivity index (χ4v) is 8.11. The van der Waals surface area contributed by atoms with Gasteiger partial charge in [-0.2, -0.15) is 11.8 Å².